The number of benzene rings is 4. The molecule has 4 rings (SSSR count). The molecule has 0 aliphatic heterocycles. The molecule has 0 aromatic heterocycles. The summed E-state index contributed by atoms with van der Waals surface area (Å²) in [4.78, 5) is 0. The predicted octanol–water partition coefficient (Wildman–Crippen LogP) is 8.69. The van der Waals surface area contributed by atoms with E-state index in [0.29, 0.717) is 11.1 Å². The van der Waals surface area contributed by atoms with Gasteiger partial charge in [0.2, 0.25) is 0 Å². The van der Waals surface area contributed by atoms with Gasteiger partial charge in [0.25, 0.3) is 0 Å². The molecular weight excluding hydrogens is 416 g/mol. The van der Waals surface area contributed by atoms with Crippen LogP contribution in [0.5, 0.6) is 11.5 Å². The summed E-state index contributed by atoms with van der Waals surface area (Å²) >= 11 is 0. The van der Waals surface area contributed by atoms with Crippen LogP contribution >= 0.6 is 0 Å². The summed E-state index contributed by atoms with van der Waals surface area (Å²) in [7, 11) is 0. The van der Waals surface area contributed by atoms with Gasteiger partial charge in [-0.25, -0.2) is 0 Å². The number of aromatic hydroxyl groups is 2. The molecule has 4 aromatic rings. The molecule has 0 atom stereocenters. The maximum absolute atomic E-state index is 11.6. The quantitative estimate of drug-likeness (QED) is 0.328. The highest BCUT2D eigenvalue weighted by Gasteiger charge is 2.25. The number of hydrogen-bond acceptors (Lipinski definition) is 2. The first-order chi connectivity index (χ1) is 16.0. The average molecular weight is 451 g/mol. The van der Waals surface area contributed by atoms with Gasteiger partial charge < -0.3 is 10.2 Å². The van der Waals surface area contributed by atoms with Gasteiger partial charge >= 0.3 is 0 Å². The smallest absolute Gasteiger partial charge is 0.131 e. The van der Waals surface area contributed by atoms with Crippen molar-refractivity contribution < 1.29 is 10.2 Å². The Labute approximate surface area is 203 Å². The molecule has 0 unspecified atom stereocenters. The summed E-state index contributed by atoms with van der Waals surface area (Å²) in [5, 5.41) is 23.1. The van der Waals surface area contributed by atoms with E-state index in [0.717, 1.165) is 33.4 Å². The molecule has 0 saturated carbocycles. The Bertz CT molecular complexity index is 1200. The molecule has 174 valence electrons. The van der Waals surface area contributed by atoms with Crippen molar-refractivity contribution in [1.29, 1.82) is 0 Å². The lowest BCUT2D eigenvalue weighted by molar-refractivity contribution is 0.469. The van der Waals surface area contributed by atoms with Gasteiger partial charge in [0.05, 0.1) is 0 Å². The van der Waals surface area contributed by atoms with Crippen molar-refractivity contribution in [2.24, 2.45) is 0 Å². The molecule has 0 bridgehead atoms. The molecular formula is C32H34O2. The van der Waals surface area contributed by atoms with Crippen molar-refractivity contribution in [2.45, 2.75) is 52.4 Å². The highest BCUT2D eigenvalue weighted by molar-refractivity contribution is 5.89. The third kappa shape index (κ3) is 4.59. The maximum Gasteiger partial charge on any atom is 0.131 e. The van der Waals surface area contributed by atoms with E-state index in [9.17, 15) is 10.2 Å². The summed E-state index contributed by atoms with van der Waals surface area (Å²) in [6.45, 7) is 13.0. The second-order valence-corrected chi connectivity index (χ2v) is 11.1. The third-order valence-electron chi connectivity index (χ3n) is 6.41. The summed E-state index contributed by atoms with van der Waals surface area (Å²) < 4.78 is 0. The Morgan fingerprint density at radius 2 is 0.735 bits per heavy atom. The van der Waals surface area contributed by atoms with Gasteiger partial charge in [-0.15, -0.1) is 0 Å². The molecule has 0 saturated heterocycles. The van der Waals surface area contributed by atoms with Gasteiger partial charge in [-0.3, -0.25) is 0 Å². The zero-order valence-corrected chi connectivity index (χ0v) is 21.0. The van der Waals surface area contributed by atoms with Crippen LogP contribution in [0.4, 0.5) is 0 Å². The van der Waals surface area contributed by atoms with Gasteiger partial charge in [0.15, 0.2) is 0 Å². The number of phenols is 2. The van der Waals surface area contributed by atoms with Crippen LogP contribution in [0.1, 0.15) is 52.7 Å². The highest BCUT2D eigenvalue weighted by atomic mass is 16.3. The molecule has 2 N–H and O–H groups in total. The summed E-state index contributed by atoms with van der Waals surface area (Å²) in [6.07, 6.45) is 0. The van der Waals surface area contributed by atoms with Crippen molar-refractivity contribution in [3.05, 3.63) is 96.1 Å². The first-order valence-electron chi connectivity index (χ1n) is 11.8. The van der Waals surface area contributed by atoms with Crippen LogP contribution < -0.4 is 0 Å². The Balaban J connectivity index is 2.08. The highest BCUT2D eigenvalue weighted by Crippen LogP contribution is 2.48. The van der Waals surface area contributed by atoms with E-state index < -0.39 is 0 Å². The lowest BCUT2D eigenvalue weighted by atomic mass is 9.80. The molecule has 0 aliphatic carbocycles. The van der Waals surface area contributed by atoms with Crippen LogP contribution in [0.25, 0.3) is 33.4 Å². The minimum absolute atomic E-state index is 0.133. The Kier molecular flexibility index (Phi) is 6.03. The van der Waals surface area contributed by atoms with Crippen LogP contribution in [-0.4, -0.2) is 10.2 Å². The van der Waals surface area contributed by atoms with Gasteiger partial charge in [-0.2, -0.15) is 0 Å². The van der Waals surface area contributed by atoms with Crippen LogP contribution in [0.15, 0.2) is 84.9 Å². The predicted molar refractivity (Wildman–Crippen MR) is 143 cm³/mol. The molecule has 0 amide bonds. The maximum atomic E-state index is 11.6. The van der Waals surface area contributed by atoms with E-state index in [4.69, 9.17) is 0 Å². The fraction of sp³-hybridized carbons (Fsp3) is 0.250. The molecule has 0 heterocycles. The van der Waals surface area contributed by atoms with Gasteiger partial charge in [-0.1, -0.05) is 102 Å². The van der Waals surface area contributed by atoms with Crippen LogP contribution in [0.3, 0.4) is 0 Å². The number of rotatable bonds is 3. The molecule has 0 spiro atoms. The molecule has 0 fully saturated rings. The fourth-order valence-corrected chi connectivity index (χ4v) is 4.22. The second kappa shape index (κ2) is 8.68. The number of hydrogen-bond donors (Lipinski definition) is 2. The zero-order chi connectivity index (χ0) is 24.7. The van der Waals surface area contributed by atoms with Gasteiger partial charge in [0.1, 0.15) is 11.5 Å². The lowest BCUT2D eigenvalue weighted by Gasteiger charge is -2.25. The Morgan fingerprint density at radius 1 is 0.441 bits per heavy atom. The van der Waals surface area contributed by atoms with Crippen LogP contribution in [0.2, 0.25) is 0 Å². The molecule has 4 aromatic carbocycles. The van der Waals surface area contributed by atoms with E-state index in [1.54, 1.807) is 0 Å². The first kappa shape index (κ1) is 23.6. The second-order valence-electron chi connectivity index (χ2n) is 11.1. The Hall–Kier alpha value is -3.52. The SMILES string of the molecule is CC(C)(C)c1cc(-c2ccccc2)c(O)c(-c2cc(C(C)(C)C)cc(-c3ccccc3)c2O)c1. The number of phenolic OH excluding ortho intramolecular Hbond substituents is 2. The molecule has 2 heteroatoms. The standard InChI is InChI=1S/C32H34O2/c1-31(2,3)23-17-25(21-13-9-7-10-14-21)29(33)27(19-23)28-20-24(32(4,5)6)18-26(30(28)34)22-15-11-8-12-16-22/h7-20,33-34H,1-6H3. The summed E-state index contributed by atoms with van der Waals surface area (Å²) in [6, 6.07) is 28.1. The molecule has 34 heavy (non-hydrogen) atoms. The summed E-state index contributed by atoms with van der Waals surface area (Å²) in [5.41, 5.74) is 6.65. The fourth-order valence-electron chi connectivity index (χ4n) is 4.22. The normalized spacial score (nSPS) is 12.1. The third-order valence-corrected chi connectivity index (χ3v) is 6.41. The molecule has 2 nitrogen and oxygen atoms in total. The molecule has 0 aliphatic rings. The topological polar surface area (TPSA) is 40.5 Å². The first-order valence-corrected chi connectivity index (χ1v) is 11.8. The summed E-state index contributed by atoms with van der Waals surface area (Å²) in [5.74, 6) is 0.360. The minimum Gasteiger partial charge on any atom is -0.507 e. The van der Waals surface area contributed by atoms with E-state index in [1.807, 2.05) is 72.8 Å². The monoisotopic (exact) mass is 450 g/mol. The Morgan fingerprint density at radius 3 is 1.03 bits per heavy atom. The van der Waals surface area contributed by atoms with Gasteiger partial charge in [0, 0.05) is 22.3 Å². The van der Waals surface area contributed by atoms with E-state index in [2.05, 4.69) is 53.7 Å². The largest absolute Gasteiger partial charge is 0.507 e. The molecule has 0 radical (unpaired) electrons. The lowest BCUT2D eigenvalue weighted by Crippen LogP contribution is -2.12. The van der Waals surface area contributed by atoms with E-state index in [1.165, 1.54) is 0 Å². The van der Waals surface area contributed by atoms with Crippen molar-refractivity contribution >= 4 is 0 Å². The van der Waals surface area contributed by atoms with E-state index >= 15 is 0 Å². The zero-order valence-electron chi connectivity index (χ0n) is 21.0. The van der Waals surface area contributed by atoms with Crippen molar-refractivity contribution in [3.8, 4) is 44.9 Å². The van der Waals surface area contributed by atoms with Gasteiger partial charge in [-0.05, 0) is 57.3 Å². The van der Waals surface area contributed by atoms with Crippen molar-refractivity contribution in [3.63, 3.8) is 0 Å². The van der Waals surface area contributed by atoms with Crippen molar-refractivity contribution in [1.82, 2.24) is 0 Å². The minimum atomic E-state index is -0.133. The van der Waals surface area contributed by atoms with Crippen LogP contribution in [0, 0.1) is 0 Å². The average Bonchev–Trinajstić information content (AvgIpc) is 2.79. The van der Waals surface area contributed by atoms with Crippen LogP contribution in [-0.2, 0) is 10.8 Å². The van der Waals surface area contributed by atoms with Crippen molar-refractivity contribution in [2.75, 3.05) is 0 Å². The van der Waals surface area contributed by atoms with E-state index in [-0.39, 0.29) is 22.3 Å².